The van der Waals surface area contributed by atoms with E-state index in [0.29, 0.717) is 6.42 Å². The van der Waals surface area contributed by atoms with Crippen LogP contribution >= 0.6 is 0 Å². The summed E-state index contributed by atoms with van der Waals surface area (Å²) in [7, 11) is 0. The van der Waals surface area contributed by atoms with E-state index in [0.717, 1.165) is 36.1 Å². The maximum absolute atomic E-state index is 4.66. The highest BCUT2D eigenvalue weighted by molar-refractivity contribution is 5.57. The van der Waals surface area contributed by atoms with E-state index in [1.54, 1.807) is 0 Å². The fraction of sp³-hybridized carbons (Fsp3) is 0.182. The number of rotatable bonds is 8. The number of hydrogen-bond donors (Lipinski definition) is 2. The van der Waals surface area contributed by atoms with E-state index in [-0.39, 0.29) is 0 Å². The minimum atomic E-state index is 0.639. The molecule has 0 aliphatic heterocycles. The number of nitrogens with one attached hydrogen (secondary N) is 2. The van der Waals surface area contributed by atoms with Crippen molar-refractivity contribution in [1.29, 1.82) is 0 Å². The number of hydrogen-bond acceptors (Lipinski definition) is 4. The lowest BCUT2D eigenvalue weighted by molar-refractivity contribution is 0.951. The first-order valence-electron chi connectivity index (χ1n) is 8.80. The lowest BCUT2D eigenvalue weighted by Gasteiger charge is -2.15. The van der Waals surface area contributed by atoms with Crippen molar-refractivity contribution in [1.82, 2.24) is 9.97 Å². The Labute approximate surface area is 155 Å². The Morgan fingerprint density at radius 3 is 1.69 bits per heavy atom. The predicted octanol–water partition coefficient (Wildman–Crippen LogP) is 4.74. The van der Waals surface area contributed by atoms with Crippen molar-refractivity contribution >= 4 is 11.6 Å². The van der Waals surface area contributed by atoms with Crippen molar-refractivity contribution in [2.75, 3.05) is 10.6 Å². The molecule has 2 N–H and O–H groups in total. The highest BCUT2D eigenvalue weighted by Gasteiger charge is 2.10. The van der Waals surface area contributed by atoms with Crippen LogP contribution in [0, 0.1) is 6.92 Å². The summed E-state index contributed by atoms with van der Waals surface area (Å²) in [5.41, 5.74) is 3.45. The minimum Gasteiger partial charge on any atom is -0.366 e. The van der Waals surface area contributed by atoms with Crippen molar-refractivity contribution in [2.45, 2.75) is 26.4 Å². The Morgan fingerprint density at radius 2 is 1.27 bits per heavy atom. The number of anilines is 2. The standard InChI is InChI=1S/C22H24N4/c1-3-10-20-25-21(23-15-18-11-6-4-7-12-18)17(2)22(26-20)24-16-19-13-8-5-9-14-19/h3-9,11-14H,1,10,15-16H2,2H3,(H2,23,24,25,26). The van der Waals surface area contributed by atoms with E-state index < -0.39 is 0 Å². The molecule has 3 aromatic rings. The van der Waals surface area contributed by atoms with Gasteiger partial charge in [-0.3, -0.25) is 0 Å². The average Bonchev–Trinajstić information content (AvgIpc) is 2.69. The van der Waals surface area contributed by atoms with Crippen LogP contribution in [0.25, 0.3) is 0 Å². The molecule has 0 aliphatic rings. The van der Waals surface area contributed by atoms with Crippen LogP contribution in [0.15, 0.2) is 73.3 Å². The zero-order chi connectivity index (χ0) is 18.2. The number of allylic oxidation sites excluding steroid dienone is 1. The van der Waals surface area contributed by atoms with Gasteiger partial charge in [-0.1, -0.05) is 66.7 Å². The van der Waals surface area contributed by atoms with Gasteiger partial charge in [-0.15, -0.1) is 6.58 Å². The van der Waals surface area contributed by atoms with Gasteiger partial charge < -0.3 is 10.6 Å². The summed E-state index contributed by atoms with van der Waals surface area (Å²) in [5, 5.41) is 6.88. The van der Waals surface area contributed by atoms with Crippen LogP contribution < -0.4 is 10.6 Å². The van der Waals surface area contributed by atoms with Crippen LogP contribution in [0.4, 0.5) is 11.6 Å². The van der Waals surface area contributed by atoms with Crippen LogP contribution in [0.1, 0.15) is 22.5 Å². The van der Waals surface area contributed by atoms with Gasteiger partial charge in [0.2, 0.25) is 0 Å². The van der Waals surface area contributed by atoms with Crippen molar-refractivity contribution in [3.63, 3.8) is 0 Å². The second-order valence-electron chi connectivity index (χ2n) is 6.13. The van der Waals surface area contributed by atoms with Gasteiger partial charge in [0, 0.05) is 25.1 Å². The van der Waals surface area contributed by atoms with Gasteiger partial charge >= 0.3 is 0 Å². The molecule has 0 unspecified atom stereocenters. The maximum Gasteiger partial charge on any atom is 0.136 e. The molecule has 0 saturated carbocycles. The molecule has 4 heteroatoms. The van der Waals surface area contributed by atoms with Gasteiger partial charge in [-0.05, 0) is 18.1 Å². The van der Waals surface area contributed by atoms with Crippen LogP contribution in [0.5, 0.6) is 0 Å². The molecule has 2 aromatic carbocycles. The molecular weight excluding hydrogens is 320 g/mol. The molecule has 1 heterocycles. The zero-order valence-corrected chi connectivity index (χ0v) is 15.1. The number of benzene rings is 2. The zero-order valence-electron chi connectivity index (χ0n) is 15.1. The third kappa shape index (κ3) is 4.70. The van der Waals surface area contributed by atoms with Crippen LogP contribution in [-0.2, 0) is 19.5 Å². The third-order valence-corrected chi connectivity index (χ3v) is 4.12. The molecule has 3 rings (SSSR count). The van der Waals surface area contributed by atoms with Crippen LogP contribution in [-0.4, -0.2) is 9.97 Å². The van der Waals surface area contributed by atoms with E-state index in [4.69, 9.17) is 0 Å². The molecule has 0 aliphatic carbocycles. The average molecular weight is 344 g/mol. The van der Waals surface area contributed by atoms with Crippen molar-refractivity contribution in [3.05, 3.63) is 95.8 Å². The highest BCUT2D eigenvalue weighted by atomic mass is 15.1. The van der Waals surface area contributed by atoms with Crippen molar-refractivity contribution in [3.8, 4) is 0 Å². The van der Waals surface area contributed by atoms with Gasteiger partial charge in [0.05, 0.1) is 0 Å². The Bertz CT molecular complexity index is 780. The predicted molar refractivity (Wildman–Crippen MR) is 108 cm³/mol. The molecule has 132 valence electrons. The molecule has 1 aromatic heterocycles. The number of aromatic nitrogens is 2. The lowest BCUT2D eigenvalue weighted by Crippen LogP contribution is -2.11. The first-order chi connectivity index (χ1) is 12.8. The molecule has 0 saturated heterocycles. The third-order valence-electron chi connectivity index (χ3n) is 4.12. The minimum absolute atomic E-state index is 0.639. The fourth-order valence-corrected chi connectivity index (χ4v) is 2.69. The summed E-state index contributed by atoms with van der Waals surface area (Å²) < 4.78 is 0. The molecule has 0 atom stereocenters. The van der Waals surface area contributed by atoms with E-state index in [1.165, 1.54) is 11.1 Å². The first-order valence-corrected chi connectivity index (χ1v) is 8.80. The number of nitrogens with zero attached hydrogens (tertiary/aromatic N) is 2. The van der Waals surface area contributed by atoms with E-state index in [2.05, 4.69) is 51.4 Å². The van der Waals surface area contributed by atoms with Gasteiger partial charge in [-0.2, -0.15) is 0 Å². The van der Waals surface area contributed by atoms with E-state index >= 15 is 0 Å². The Hall–Kier alpha value is -3.14. The molecule has 26 heavy (non-hydrogen) atoms. The summed E-state index contributed by atoms with van der Waals surface area (Å²) in [6, 6.07) is 20.6. The fourth-order valence-electron chi connectivity index (χ4n) is 2.69. The molecule has 0 amide bonds. The quantitative estimate of drug-likeness (QED) is 0.580. The molecule has 0 bridgehead atoms. The second kappa shape index (κ2) is 8.81. The SMILES string of the molecule is C=CCc1nc(NCc2ccccc2)c(C)c(NCc2ccccc2)n1. The normalized spacial score (nSPS) is 10.3. The van der Waals surface area contributed by atoms with Gasteiger partial charge in [0.15, 0.2) is 0 Å². The Kier molecular flexibility index (Phi) is 5.99. The molecule has 0 radical (unpaired) electrons. The smallest absolute Gasteiger partial charge is 0.136 e. The molecule has 0 spiro atoms. The monoisotopic (exact) mass is 344 g/mol. The second-order valence-corrected chi connectivity index (χ2v) is 6.13. The van der Waals surface area contributed by atoms with Crippen molar-refractivity contribution in [2.24, 2.45) is 0 Å². The lowest BCUT2D eigenvalue weighted by atomic mass is 10.2. The van der Waals surface area contributed by atoms with E-state index in [1.807, 2.05) is 49.4 Å². The molecular formula is C22H24N4. The Balaban J connectivity index is 1.79. The summed E-state index contributed by atoms with van der Waals surface area (Å²) in [6.45, 7) is 7.30. The summed E-state index contributed by atoms with van der Waals surface area (Å²) in [4.78, 5) is 9.32. The van der Waals surface area contributed by atoms with Gasteiger partial charge in [0.1, 0.15) is 17.5 Å². The Morgan fingerprint density at radius 1 is 0.808 bits per heavy atom. The molecule has 4 nitrogen and oxygen atoms in total. The maximum atomic E-state index is 4.66. The van der Waals surface area contributed by atoms with Crippen molar-refractivity contribution < 1.29 is 0 Å². The highest BCUT2D eigenvalue weighted by Crippen LogP contribution is 2.22. The first kappa shape index (κ1) is 17.7. The van der Waals surface area contributed by atoms with Gasteiger partial charge in [-0.25, -0.2) is 9.97 Å². The summed E-state index contributed by atoms with van der Waals surface area (Å²) in [5.74, 6) is 2.48. The largest absolute Gasteiger partial charge is 0.366 e. The topological polar surface area (TPSA) is 49.8 Å². The summed E-state index contributed by atoms with van der Waals surface area (Å²) >= 11 is 0. The summed E-state index contributed by atoms with van der Waals surface area (Å²) in [6.07, 6.45) is 2.47. The van der Waals surface area contributed by atoms with E-state index in [9.17, 15) is 0 Å². The molecule has 0 fully saturated rings. The van der Waals surface area contributed by atoms with Crippen LogP contribution in [0.3, 0.4) is 0 Å². The van der Waals surface area contributed by atoms with Gasteiger partial charge in [0.25, 0.3) is 0 Å². The van der Waals surface area contributed by atoms with Crippen LogP contribution in [0.2, 0.25) is 0 Å².